The summed E-state index contributed by atoms with van der Waals surface area (Å²) in [5.74, 6) is 0. The van der Waals surface area contributed by atoms with Gasteiger partial charge in [-0.3, -0.25) is 0 Å². The number of rotatable bonds is 4. The quantitative estimate of drug-likeness (QED) is 0.536. The van der Waals surface area contributed by atoms with E-state index in [9.17, 15) is 0 Å². The van der Waals surface area contributed by atoms with Crippen LogP contribution in [0.5, 0.6) is 0 Å². The molecule has 0 N–H and O–H groups in total. The Morgan fingerprint density at radius 3 is 1.67 bits per heavy atom. The molecule has 72 valence electrons. The van der Waals surface area contributed by atoms with E-state index in [1.165, 1.54) is 0 Å². The summed E-state index contributed by atoms with van der Waals surface area (Å²) in [6.45, 7) is 16.9. The molecule has 12 heavy (non-hydrogen) atoms. The largest absolute Gasteiger partial charge is 0.439 e. The summed E-state index contributed by atoms with van der Waals surface area (Å²) in [6, 6.07) is 0. The van der Waals surface area contributed by atoms with Crippen LogP contribution in [0.2, 0.25) is 39.3 Å². The van der Waals surface area contributed by atoms with Crippen LogP contribution in [0.1, 0.15) is 0 Å². The Balaban J connectivity index is 3.83. The van der Waals surface area contributed by atoms with Crippen LogP contribution in [0.25, 0.3) is 0 Å². The van der Waals surface area contributed by atoms with Gasteiger partial charge in [-0.2, -0.15) is 0 Å². The molecule has 0 saturated carbocycles. The van der Waals surface area contributed by atoms with Crippen molar-refractivity contribution in [3.8, 4) is 0 Å². The van der Waals surface area contributed by atoms with Crippen LogP contribution >= 0.6 is 0 Å². The molecule has 0 saturated heterocycles. The molecule has 0 aliphatic rings. The summed E-state index contributed by atoms with van der Waals surface area (Å²) >= 11 is 0. The molecule has 0 aromatic heterocycles. The van der Waals surface area contributed by atoms with Crippen molar-refractivity contribution >= 4 is 25.9 Å². The monoisotopic (exact) mass is 221 g/mol. The lowest BCUT2D eigenvalue weighted by Crippen LogP contribution is -2.41. The molecule has 0 heterocycles. The fourth-order valence-corrected chi connectivity index (χ4v) is 9.17. The number of hydrogen-bond donors (Lipinski definition) is 0. The summed E-state index contributed by atoms with van der Waals surface area (Å²) in [5.41, 5.74) is 0. The van der Waals surface area contributed by atoms with E-state index in [0.29, 0.717) is 0 Å². The van der Waals surface area contributed by atoms with Gasteiger partial charge >= 0.3 is 8.32 Å². The highest BCUT2D eigenvalue weighted by Gasteiger charge is 2.31. The third-order valence-electron chi connectivity index (χ3n) is 1.00. The summed E-state index contributed by atoms with van der Waals surface area (Å²) in [4.78, 5) is 0. The predicted molar refractivity (Wildman–Crippen MR) is 61.4 cm³/mol. The molecule has 0 spiro atoms. The normalized spacial score (nSPS) is 16.2. The van der Waals surface area contributed by atoms with E-state index in [0.717, 1.165) is 0 Å². The van der Waals surface area contributed by atoms with Gasteiger partial charge in [-0.25, -0.2) is 0 Å². The van der Waals surface area contributed by atoms with Crippen LogP contribution < -0.4 is 0 Å². The molecular weight excluding hydrogens is 200 g/mol. The fraction of sp³-hybridized carbons (Fsp3) is 0.857. The van der Waals surface area contributed by atoms with Crippen molar-refractivity contribution in [1.29, 1.82) is 0 Å². The maximum atomic E-state index is 5.86. The Labute approximate surface area is 80.4 Å². The second-order valence-electron chi connectivity index (χ2n) is 4.68. The molecule has 0 aromatic rings. The van der Waals surface area contributed by atoms with E-state index >= 15 is 0 Å². The second-order valence-corrected chi connectivity index (χ2v) is 15.4. The van der Waals surface area contributed by atoms with Crippen molar-refractivity contribution in [2.24, 2.45) is 0 Å². The molecule has 2 nitrogen and oxygen atoms in total. The molecule has 0 radical (unpaired) electrons. The van der Waals surface area contributed by atoms with Gasteiger partial charge in [0, 0.05) is 6.55 Å². The van der Waals surface area contributed by atoms with Crippen molar-refractivity contribution in [1.82, 2.24) is 0 Å². The van der Waals surface area contributed by atoms with Crippen LogP contribution in [-0.2, 0) is 8.23 Å². The Kier molecular flexibility index (Phi) is 4.25. The molecule has 5 heteroatoms. The molecule has 0 rings (SSSR count). The Morgan fingerprint density at radius 1 is 1.00 bits per heavy atom. The summed E-state index contributed by atoms with van der Waals surface area (Å²) in [5, 5.41) is 0. The van der Waals surface area contributed by atoms with Crippen molar-refractivity contribution in [2.75, 3.05) is 0 Å². The predicted octanol–water partition coefficient (Wildman–Crippen LogP) is 2.28. The van der Waals surface area contributed by atoms with E-state index in [2.05, 4.69) is 45.8 Å². The Morgan fingerprint density at radius 2 is 1.42 bits per heavy atom. The average molecular weight is 222 g/mol. The van der Waals surface area contributed by atoms with E-state index in [1.807, 2.05) is 0 Å². The Bertz CT molecular complexity index is 121. The van der Waals surface area contributed by atoms with Crippen LogP contribution in [0, 0.1) is 6.55 Å². The maximum Gasteiger partial charge on any atom is 0.395 e. The first-order valence-corrected chi connectivity index (χ1v) is 12.9. The highest BCUT2D eigenvalue weighted by atomic mass is 28.4. The van der Waals surface area contributed by atoms with Gasteiger partial charge in [0.15, 0.2) is 8.32 Å². The molecular formula is C7H21O2Si3+. The zero-order valence-electron chi connectivity index (χ0n) is 9.10. The van der Waals surface area contributed by atoms with Crippen LogP contribution in [0.15, 0.2) is 0 Å². The maximum absolute atomic E-state index is 5.86. The third kappa shape index (κ3) is 8.54. The van der Waals surface area contributed by atoms with E-state index in [-0.39, 0.29) is 0 Å². The third-order valence-corrected chi connectivity index (χ3v) is 9.04. The highest BCUT2D eigenvalue weighted by molar-refractivity contribution is 6.82. The molecule has 0 bridgehead atoms. The summed E-state index contributed by atoms with van der Waals surface area (Å²) in [7, 11) is -4.39. The van der Waals surface area contributed by atoms with Crippen molar-refractivity contribution in [2.45, 2.75) is 39.3 Å². The smallest absolute Gasteiger partial charge is 0.395 e. The van der Waals surface area contributed by atoms with E-state index in [4.69, 9.17) is 8.23 Å². The van der Waals surface area contributed by atoms with Gasteiger partial charge < -0.3 is 8.23 Å². The topological polar surface area (TPSA) is 18.5 Å². The van der Waals surface area contributed by atoms with Gasteiger partial charge in [-0.15, -0.1) is 0 Å². The number of hydrogen-bond acceptors (Lipinski definition) is 2. The molecule has 1 atom stereocenters. The lowest BCUT2D eigenvalue weighted by Gasteiger charge is -2.24. The van der Waals surface area contributed by atoms with E-state index in [1.54, 1.807) is 0 Å². The van der Waals surface area contributed by atoms with Gasteiger partial charge in [0.1, 0.15) is 0 Å². The molecule has 0 aliphatic heterocycles. The average Bonchev–Trinajstić information content (AvgIpc) is 1.49. The molecule has 0 fully saturated rings. The standard InChI is InChI=1S/C7H21O2Si3/c1-10(8-11(2,3)4)9-12(5,6)7/h10H,2H2,1,3-7H3/q+1. The van der Waals surface area contributed by atoms with Crippen LogP contribution in [0.3, 0.4) is 0 Å². The molecule has 1 unspecified atom stereocenters. The van der Waals surface area contributed by atoms with E-state index < -0.39 is 25.9 Å². The van der Waals surface area contributed by atoms with Crippen molar-refractivity contribution in [3.63, 3.8) is 0 Å². The van der Waals surface area contributed by atoms with Crippen LogP contribution in [0.4, 0.5) is 0 Å². The van der Waals surface area contributed by atoms with Crippen molar-refractivity contribution in [3.05, 3.63) is 6.55 Å². The SMILES string of the molecule is [CH2+][Si](C)(C)O[SiH](C)O[Si](C)(C)C. The zero-order chi connectivity index (χ0) is 9.99. The minimum absolute atomic E-state index is 1.39. The molecule has 0 aliphatic carbocycles. The van der Waals surface area contributed by atoms with Crippen LogP contribution in [-0.4, -0.2) is 25.9 Å². The zero-order valence-corrected chi connectivity index (χ0v) is 12.3. The van der Waals surface area contributed by atoms with Gasteiger partial charge in [-0.1, -0.05) is 0 Å². The first-order valence-electron chi connectivity index (χ1n) is 4.31. The summed E-state index contributed by atoms with van der Waals surface area (Å²) in [6.07, 6.45) is 0. The molecule has 0 amide bonds. The molecule has 0 aromatic carbocycles. The summed E-state index contributed by atoms with van der Waals surface area (Å²) < 4.78 is 11.7. The lowest BCUT2D eigenvalue weighted by molar-refractivity contribution is 0.430. The second kappa shape index (κ2) is 4.10. The van der Waals surface area contributed by atoms with Gasteiger partial charge in [0.2, 0.25) is 0 Å². The first-order chi connectivity index (χ1) is 5.10. The minimum atomic E-state index is -1.61. The van der Waals surface area contributed by atoms with Gasteiger partial charge in [-0.05, 0) is 39.3 Å². The highest BCUT2D eigenvalue weighted by Crippen LogP contribution is 2.10. The fourth-order valence-electron chi connectivity index (χ4n) is 0.971. The lowest BCUT2D eigenvalue weighted by atomic mass is 11.8. The van der Waals surface area contributed by atoms with Crippen molar-refractivity contribution < 1.29 is 8.23 Å². The van der Waals surface area contributed by atoms with Gasteiger partial charge in [0.25, 0.3) is 9.28 Å². The first kappa shape index (κ1) is 12.4. The van der Waals surface area contributed by atoms with Gasteiger partial charge in [0.05, 0.1) is 0 Å². The minimum Gasteiger partial charge on any atom is -0.439 e. The Hall–Kier alpha value is 0.441.